The van der Waals surface area contributed by atoms with Crippen molar-refractivity contribution >= 4 is 35.2 Å². The molecule has 0 aliphatic heterocycles. The highest BCUT2D eigenvalue weighted by Gasteiger charge is 2.29. The summed E-state index contributed by atoms with van der Waals surface area (Å²) < 4.78 is 37.6. The first kappa shape index (κ1) is 19.5. The molecule has 0 fully saturated rings. The molecule has 8 heteroatoms. The quantitative estimate of drug-likeness (QED) is 0.722. The van der Waals surface area contributed by atoms with Gasteiger partial charge in [-0.1, -0.05) is 23.7 Å². The van der Waals surface area contributed by atoms with Crippen molar-refractivity contribution in [2.24, 2.45) is 0 Å². The Labute approximate surface area is 151 Å². The van der Waals surface area contributed by atoms with Crippen LogP contribution in [-0.4, -0.2) is 17.0 Å². The molecule has 26 heavy (non-hydrogen) atoms. The van der Waals surface area contributed by atoms with Crippen molar-refractivity contribution in [3.63, 3.8) is 0 Å². The second-order valence-corrected chi connectivity index (χ2v) is 5.83. The Morgan fingerprint density at radius 3 is 2.27 bits per heavy atom. The van der Waals surface area contributed by atoms with Crippen LogP contribution < -0.4 is 5.32 Å². The second kappa shape index (κ2) is 7.61. The zero-order valence-electron chi connectivity index (χ0n) is 13.4. The van der Waals surface area contributed by atoms with Crippen LogP contribution >= 0.6 is 11.6 Å². The Bertz CT molecular complexity index is 874. The summed E-state index contributed by atoms with van der Waals surface area (Å²) in [5.74, 6) is -1.85. The van der Waals surface area contributed by atoms with Crippen molar-refractivity contribution in [2.75, 3.05) is 5.32 Å². The highest BCUT2D eigenvalue weighted by atomic mass is 35.5. The van der Waals surface area contributed by atoms with Gasteiger partial charge in [0.2, 0.25) is 0 Å². The van der Waals surface area contributed by atoms with E-state index in [9.17, 15) is 22.8 Å². The molecule has 0 radical (unpaired) electrons. The molecule has 2 aromatic rings. The van der Waals surface area contributed by atoms with Crippen molar-refractivity contribution < 1.29 is 27.9 Å². The number of rotatable bonds is 4. The van der Waals surface area contributed by atoms with Crippen molar-refractivity contribution in [3.05, 3.63) is 69.8 Å². The van der Waals surface area contributed by atoms with E-state index in [1.54, 1.807) is 0 Å². The van der Waals surface area contributed by atoms with Crippen molar-refractivity contribution in [2.45, 2.75) is 13.1 Å². The minimum atomic E-state index is -4.43. The fraction of sp³-hybridized carbons (Fsp3) is 0.111. The number of amides is 1. The summed E-state index contributed by atoms with van der Waals surface area (Å²) >= 11 is 5.74. The average molecular weight is 384 g/mol. The fourth-order valence-corrected chi connectivity index (χ4v) is 2.28. The summed E-state index contributed by atoms with van der Waals surface area (Å²) in [5.41, 5.74) is -0.305. The Morgan fingerprint density at radius 1 is 1.12 bits per heavy atom. The van der Waals surface area contributed by atoms with Gasteiger partial charge in [-0.2, -0.15) is 13.2 Å². The van der Waals surface area contributed by atoms with E-state index in [1.807, 2.05) is 0 Å². The molecule has 136 valence electrons. The maximum absolute atomic E-state index is 12.5. The fourth-order valence-electron chi connectivity index (χ4n) is 2.11. The normalized spacial score (nSPS) is 12.0. The first-order valence-electron chi connectivity index (χ1n) is 7.27. The Morgan fingerprint density at radius 2 is 1.73 bits per heavy atom. The van der Waals surface area contributed by atoms with Crippen LogP contribution in [0.3, 0.4) is 0 Å². The molecule has 2 rings (SSSR count). The lowest BCUT2D eigenvalue weighted by atomic mass is 10.1. The van der Waals surface area contributed by atoms with E-state index in [0.717, 1.165) is 12.1 Å². The van der Waals surface area contributed by atoms with Crippen molar-refractivity contribution in [1.29, 1.82) is 0 Å². The summed E-state index contributed by atoms with van der Waals surface area (Å²) in [6.45, 7) is 1.46. The van der Waals surface area contributed by atoms with E-state index < -0.39 is 23.6 Å². The molecule has 0 atom stereocenters. The van der Waals surface area contributed by atoms with Crippen molar-refractivity contribution in [3.8, 4) is 0 Å². The molecular formula is C18H13ClF3NO3. The van der Waals surface area contributed by atoms with Gasteiger partial charge >= 0.3 is 12.1 Å². The van der Waals surface area contributed by atoms with E-state index >= 15 is 0 Å². The molecule has 2 aromatic carbocycles. The smallest absolute Gasteiger partial charge is 0.416 e. The third-order valence-corrected chi connectivity index (χ3v) is 3.67. The van der Waals surface area contributed by atoms with Gasteiger partial charge in [0.1, 0.15) is 0 Å². The highest BCUT2D eigenvalue weighted by molar-refractivity contribution is 6.31. The zero-order chi connectivity index (χ0) is 19.5. The third kappa shape index (κ3) is 4.86. The topological polar surface area (TPSA) is 66.4 Å². The molecule has 0 saturated carbocycles. The van der Waals surface area contributed by atoms with Crippen LogP contribution in [-0.2, 0) is 11.0 Å². The minimum Gasteiger partial charge on any atom is -0.478 e. The minimum absolute atomic E-state index is 0.0621. The van der Waals surface area contributed by atoms with E-state index in [4.69, 9.17) is 16.7 Å². The van der Waals surface area contributed by atoms with Gasteiger partial charge in [0.25, 0.3) is 5.91 Å². The van der Waals surface area contributed by atoms with E-state index in [0.29, 0.717) is 5.56 Å². The van der Waals surface area contributed by atoms with Crippen LogP contribution in [0.25, 0.3) is 6.08 Å². The Balaban J connectivity index is 2.20. The standard InChI is InChI=1S/C18H13ClF3NO3/c1-10(8-11-2-4-12(5-3-11)18(20,21)22)16(24)23-15-7-6-13(19)9-14(15)17(25)26/h2-9H,1H3,(H,23,24)(H,25,26)/b10-8+. The lowest BCUT2D eigenvalue weighted by molar-refractivity contribution is -0.137. The number of carbonyl (C=O) groups is 2. The van der Waals surface area contributed by atoms with E-state index in [1.165, 1.54) is 43.3 Å². The van der Waals surface area contributed by atoms with Gasteiger partial charge in [0.05, 0.1) is 16.8 Å². The zero-order valence-corrected chi connectivity index (χ0v) is 14.2. The first-order chi connectivity index (χ1) is 12.1. The van der Waals surface area contributed by atoms with Gasteiger partial charge in [-0.25, -0.2) is 4.79 Å². The number of alkyl halides is 3. The largest absolute Gasteiger partial charge is 0.478 e. The Kier molecular flexibility index (Phi) is 5.72. The number of carboxylic acids is 1. The predicted molar refractivity (Wildman–Crippen MR) is 92.1 cm³/mol. The van der Waals surface area contributed by atoms with Gasteiger partial charge in [0.15, 0.2) is 0 Å². The lowest BCUT2D eigenvalue weighted by Gasteiger charge is -2.10. The molecule has 0 spiro atoms. The summed E-state index contributed by atoms with van der Waals surface area (Å²) in [6.07, 6.45) is -3.04. The van der Waals surface area contributed by atoms with E-state index in [-0.39, 0.29) is 21.8 Å². The lowest BCUT2D eigenvalue weighted by Crippen LogP contribution is -2.15. The molecule has 0 aliphatic carbocycles. The maximum Gasteiger partial charge on any atom is 0.416 e. The molecular weight excluding hydrogens is 371 g/mol. The average Bonchev–Trinajstić information content (AvgIpc) is 2.55. The van der Waals surface area contributed by atoms with E-state index in [2.05, 4.69) is 5.32 Å². The number of hydrogen-bond acceptors (Lipinski definition) is 2. The van der Waals surface area contributed by atoms with Gasteiger partial charge in [-0.15, -0.1) is 0 Å². The monoisotopic (exact) mass is 383 g/mol. The SMILES string of the molecule is C/C(=C\c1ccc(C(F)(F)F)cc1)C(=O)Nc1ccc(Cl)cc1C(=O)O. The molecule has 0 unspecified atom stereocenters. The molecule has 0 aromatic heterocycles. The number of anilines is 1. The summed E-state index contributed by atoms with van der Waals surface area (Å²) in [4.78, 5) is 23.4. The summed E-state index contributed by atoms with van der Waals surface area (Å²) in [7, 11) is 0. The number of carbonyl (C=O) groups excluding carboxylic acids is 1. The molecule has 0 aliphatic rings. The maximum atomic E-state index is 12.5. The summed E-state index contributed by atoms with van der Waals surface area (Å²) in [6, 6.07) is 8.30. The predicted octanol–water partition coefficient (Wildman–Crippen LogP) is 5.10. The third-order valence-electron chi connectivity index (χ3n) is 3.44. The van der Waals surface area contributed by atoms with Gasteiger partial charge in [-0.05, 0) is 48.9 Å². The Hall–Kier alpha value is -2.80. The number of carboxylic acid groups (broad SMARTS) is 1. The van der Waals surface area contributed by atoms with Gasteiger partial charge in [-0.3, -0.25) is 4.79 Å². The number of aromatic carboxylic acids is 1. The van der Waals surface area contributed by atoms with Crippen LogP contribution in [0.15, 0.2) is 48.0 Å². The second-order valence-electron chi connectivity index (χ2n) is 5.40. The highest BCUT2D eigenvalue weighted by Crippen LogP contribution is 2.29. The van der Waals surface area contributed by atoms with Gasteiger partial charge < -0.3 is 10.4 Å². The molecule has 0 heterocycles. The first-order valence-corrected chi connectivity index (χ1v) is 7.65. The number of hydrogen-bond donors (Lipinski definition) is 2. The van der Waals surface area contributed by atoms with Crippen LogP contribution in [0.1, 0.15) is 28.4 Å². The van der Waals surface area contributed by atoms with Crippen LogP contribution in [0.2, 0.25) is 5.02 Å². The van der Waals surface area contributed by atoms with Crippen LogP contribution in [0.5, 0.6) is 0 Å². The molecule has 2 N–H and O–H groups in total. The van der Waals surface area contributed by atoms with Gasteiger partial charge in [0, 0.05) is 10.6 Å². The number of nitrogens with one attached hydrogen (secondary N) is 1. The van der Waals surface area contributed by atoms with Crippen LogP contribution in [0, 0.1) is 0 Å². The van der Waals surface area contributed by atoms with Crippen molar-refractivity contribution in [1.82, 2.24) is 0 Å². The molecule has 4 nitrogen and oxygen atoms in total. The summed E-state index contributed by atoms with van der Waals surface area (Å²) in [5, 5.41) is 11.8. The number of benzene rings is 2. The molecule has 1 amide bonds. The van der Waals surface area contributed by atoms with Crippen LogP contribution in [0.4, 0.5) is 18.9 Å². The molecule has 0 bridgehead atoms. The molecule has 0 saturated heterocycles. The number of halogens is 4.